The van der Waals surface area contributed by atoms with Crippen LogP contribution in [0.3, 0.4) is 0 Å². The van der Waals surface area contributed by atoms with Gasteiger partial charge in [-0.25, -0.2) is 4.98 Å². The smallest absolute Gasteiger partial charge is 0.0960 e. The Balaban J connectivity index is 2.15. The van der Waals surface area contributed by atoms with Gasteiger partial charge in [-0.05, 0) is 5.56 Å². The number of aromatic nitrogens is 1. The maximum absolute atomic E-state index is 4.75. The minimum atomic E-state index is 0.549. The van der Waals surface area contributed by atoms with E-state index < -0.39 is 0 Å². The molecule has 76 valence electrons. The summed E-state index contributed by atoms with van der Waals surface area (Å²) in [5.41, 5.74) is 4.01. The van der Waals surface area contributed by atoms with Crippen molar-refractivity contribution >= 4 is 11.3 Å². The summed E-state index contributed by atoms with van der Waals surface area (Å²) in [4.78, 5) is 6.19. The Morgan fingerprint density at radius 1 is 1.27 bits per heavy atom. The van der Waals surface area contributed by atoms with E-state index in [2.05, 4.69) is 38.1 Å². The Bertz CT molecular complexity index is 511. The zero-order valence-electron chi connectivity index (χ0n) is 8.95. The third-order valence-corrected chi connectivity index (χ3v) is 4.19. The average molecular weight is 215 g/mol. The summed E-state index contributed by atoms with van der Waals surface area (Å²) in [5, 5.41) is 1.27. The van der Waals surface area contributed by atoms with Gasteiger partial charge in [0.1, 0.15) is 0 Å². The summed E-state index contributed by atoms with van der Waals surface area (Å²) < 4.78 is 0. The first-order chi connectivity index (χ1) is 7.25. The molecule has 1 aliphatic rings. The standard InChI is InChI=1S/C13H13NS/c1-8(2)13-14-12-10-6-4-3-5-9(10)7-11(12)15-13/h3-6,8H,7H2,1-2H3. The zero-order chi connectivity index (χ0) is 10.4. The zero-order valence-corrected chi connectivity index (χ0v) is 9.77. The lowest BCUT2D eigenvalue weighted by molar-refractivity contribution is 0.854. The van der Waals surface area contributed by atoms with Crippen molar-refractivity contribution in [1.29, 1.82) is 0 Å². The van der Waals surface area contributed by atoms with E-state index in [4.69, 9.17) is 4.98 Å². The van der Waals surface area contributed by atoms with Gasteiger partial charge in [0.25, 0.3) is 0 Å². The monoisotopic (exact) mass is 215 g/mol. The normalized spacial score (nSPS) is 13.0. The van der Waals surface area contributed by atoms with Crippen molar-refractivity contribution in [3.05, 3.63) is 39.7 Å². The van der Waals surface area contributed by atoms with Crippen LogP contribution in [0.25, 0.3) is 11.3 Å². The third-order valence-electron chi connectivity index (χ3n) is 2.83. The van der Waals surface area contributed by atoms with Crippen LogP contribution in [0.4, 0.5) is 0 Å². The number of fused-ring (bicyclic) bond motifs is 3. The molecule has 0 spiro atoms. The van der Waals surface area contributed by atoms with E-state index in [0.29, 0.717) is 5.92 Å². The third kappa shape index (κ3) is 1.32. The van der Waals surface area contributed by atoms with E-state index >= 15 is 0 Å². The fraction of sp³-hybridized carbons (Fsp3) is 0.308. The van der Waals surface area contributed by atoms with Crippen LogP contribution in [0.2, 0.25) is 0 Å². The second-order valence-corrected chi connectivity index (χ2v) is 5.43. The van der Waals surface area contributed by atoms with Gasteiger partial charge in [-0.15, -0.1) is 11.3 Å². The van der Waals surface area contributed by atoms with Crippen LogP contribution in [0, 0.1) is 0 Å². The number of thiazole rings is 1. The van der Waals surface area contributed by atoms with Crippen LogP contribution in [0.15, 0.2) is 24.3 Å². The molecule has 0 saturated carbocycles. The maximum atomic E-state index is 4.75. The van der Waals surface area contributed by atoms with Gasteiger partial charge in [-0.2, -0.15) is 0 Å². The molecule has 2 aromatic rings. The van der Waals surface area contributed by atoms with Crippen LogP contribution in [-0.4, -0.2) is 4.98 Å². The highest BCUT2D eigenvalue weighted by atomic mass is 32.1. The van der Waals surface area contributed by atoms with Crippen molar-refractivity contribution in [3.8, 4) is 11.3 Å². The van der Waals surface area contributed by atoms with E-state index in [1.807, 2.05) is 11.3 Å². The van der Waals surface area contributed by atoms with Crippen LogP contribution in [0.5, 0.6) is 0 Å². The van der Waals surface area contributed by atoms with Crippen molar-refractivity contribution in [2.75, 3.05) is 0 Å². The molecule has 15 heavy (non-hydrogen) atoms. The molecule has 1 aliphatic carbocycles. The topological polar surface area (TPSA) is 12.9 Å². The van der Waals surface area contributed by atoms with E-state index in [0.717, 1.165) is 6.42 Å². The molecule has 1 aromatic carbocycles. The summed E-state index contributed by atoms with van der Waals surface area (Å²) >= 11 is 1.88. The summed E-state index contributed by atoms with van der Waals surface area (Å²) in [6, 6.07) is 8.60. The van der Waals surface area contributed by atoms with Crippen molar-refractivity contribution in [2.24, 2.45) is 0 Å². The summed E-state index contributed by atoms with van der Waals surface area (Å²) in [7, 11) is 0. The Morgan fingerprint density at radius 3 is 2.87 bits per heavy atom. The van der Waals surface area contributed by atoms with Crippen LogP contribution >= 0.6 is 11.3 Å². The molecule has 0 fully saturated rings. The van der Waals surface area contributed by atoms with E-state index in [-0.39, 0.29) is 0 Å². The Labute approximate surface area is 93.8 Å². The van der Waals surface area contributed by atoms with E-state index in [1.165, 1.54) is 26.7 Å². The van der Waals surface area contributed by atoms with Crippen LogP contribution < -0.4 is 0 Å². The number of benzene rings is 1. The Hall–Kier alpha value is -1.15. The molecule has 0 N–H and O–H groups in total. The molecule has 1 nitrogen and oxygen atoms in total. The Morgan fingerprint density at radius 2 is 2.07 bits per heavy atom. The molecule has 0 atom stereocenters. The molecule has 0 aliphatic heterocycles. The largest absolute Gasteiger partial charge is 0.241 e. The second kappa shape index (κ2) is 3.17. The highest BCUT2D eigenvalue weighted by Gasteiger charge is 2.23. The Kier molecular flexibility index (Phi) is 1.93. The summed E-state index contributed by atoms with van der Waals surface area (Å²) in [5.74, 6) is 0.549. The lowest BCUT2D eigenvalue weighted by Gasteiger charge is -2.00. The first kappa shape index (κ1) is 9.10. The van der Waals surface area contributed by atoms with E-state index in [9.17, 15) is 0 Å². The quantitative estimate of drug-likeness (QED) is 0.601. The highest BCUT2D eigenvalue weighted by molar-refractivity contribution is 7.12. The van der Waals surface area contributed by atoms with E-state index in [1.54, 1.807) is 0 Å². The van der Waals surface area contributed by atoms with Gasteiger partial charge in [0.15, 0.2) is 0 Å². The van der Waals surface area contributed by atoms with Gasteiger partial charge >= 0.3 is 0 Å². The molecule has 2 heteroatoms. The number of rotatable bonds is 1. The van der Waals surface area contributed by atoms with Crippen LogP contribution in [0.1, 0.15) is 35.2 Å². The second-order valence-electron chi connectivity index (χ2n) is 4.31. The van der Waals surface area contributed by atoms with Gasteiger partial charge < -0.3 is 0 Å². The number of hydrogen-bond acceptors (Lipinski definition) is 2. The molecule has 1 aromatic heterocycles. The van der Waals surface area contributed by atoms with Crippen LogP contribution in [-0.2, 0) is 6.42 Å². The van der Waals surface area contributed by atoms with Gasteiger partial charge in [0.05, 0.1) is 10.7 Å². The molecule has 0 unspecified atom stereocenters. The number of nitrogens with zero attached hydrogens (tertiary/aromatic N) is 1. The maximum Gasteiger partial charge on any atom is 0.0960 e. The molecular formula is C13H13NS. The average Bonchev–Trinajstić information content (AvgIpc) is 2.73. The lowest BCUT2D eigenvalue weighted by atomic mass is 10.1. The minimum Gasteiger partial charge on any atom is -0.241 e. The SMILES string of the molecule is CC(C)c1nc2c(s1)Cc1ccccc1-2. The van der Waals surface area contributed by atoms with Crippen molar-refractivity contribution in [3.63, 3.8) is 0 Å². The highest BCUT2D eigenvalue weighted by Crippen LogP contribution is 2.40. The molecule has 3 rings (SSSR count). The predicted molar refractivity (Wildman–Crippen MR) is 64.4 cm³/mol. The van der Waals surface area contributed by atoms with Crippen molar-refractivity contribution in [2.45, 2.75) is 26.2 Å². The number of hydrogen-bond donors (Lipinski definition) is 0. The van der Waals surface area contributed by atoms with Gasteiger partial charge in [-0.1, -0.05) is 38.1 Å². The van der Waals surface area contributed by atoms with Gasteiger partial charge in [-0.3, -0.25) is 0 Å². The van der Waals surface area contributed by atoms with Crippen molar-refractivity contribution < 1.29 is 0 Å². The first-order valence-electron chi connectivity index (χ1n) is 5.33. The fourth-order valence-corrected chi connectivity index (χ4v) is 3.13. The summed E-state index contributed by atoms with van der Waals surface area (Å²) in [6.45, 7) is 4.42. The predicted octanol–water partition coefficient (Wildman–Crippen LogP) is 3.84. The minimum absolute atomic E-state index is 0.549. The first-order valence-corrected chi connectivity index (χ1v) is 6.15. The molecular weight excluding hydrogens is 202 g/mol. The molecule has 0 radical (unpaired) electrons. The van der Waals surface area contributed by atoms with Gasteiger partial charge in [0.2, 0.25) is 0 Å². The molecule has 0 bridgehead atoms. The molecule has 0 saturated heterocycles. The fourth-order valence-electron chi connectivity index (χ4n) is 2.03. The molecule has 1 heterocycles. The van der Waals surface area contributed by atoms with Crippen molar-refractivity contribution in [1.82, 2.24) is 4.98 Å². The van der Waals surface area contributed by atoms with Gasteiger partial charge in [0, 0.05) is 22.8 Å². The molecule has 0 amide bonds. The summed E-state index contributed by atoms with van der Waals surface area (Å²) in [6.07, 6.45) is 1.08. The lowest BCUT2D eigenvalue weighted by Crippen LogP contribution is -1.86.